The summed E-state index contributed by atoms with van der Waals surface area (Å²) < 4.78 is 7.59. The molecule has 1 amide bonds. The van der Waals surface area contributed by atoms with Crippen molar-refractivity contribution in [3.8, 4) is 5.75 Å². The molecule has 1 aromatic rings. The summed E-state index contributed by atoms with van der Waals surface area (Å²) in [7, 11) is 3.27. The van der Waals surface area contributed by atoms with Crippen LogP contribution in [-0.2, 0) is 4.79 Å². The van der Waals surface area contributed by atoms with Crippen LogP contribution >= 0.6 is 15.9 Å². The maximum atomic E-state index is 11.1. The molecule has 0 radical (unpaired) electrons. The van der Waals surface area contributed by atoms with Gasteiger partial charge in [0, 0.05) is 13.0 Å². The number of methoxy groups -OCH3 is 1. The highest BCUT2D eigenvalue weighted by atomic mass is 79.9. The molecule has 4 nitrogen and oxygen atoms in total. The largest absolute Gasteiger partial charge is 0.491 e. The van der Waals surface area contributed by atoms with Crippen molar-refractivity contribution in [2.45, 2.75) is 6.92 Å². The summed E-state index contributed by atoms with van der Waals surface area (Å²) in [5, 5.41) is 1.48. The lowest BCUT2D eigenvalue weighted by Crippen LogP contribution is -2.57. The molecule has 1 aromatic heterocycles. The number of pyridine rings is 1. The van der Waals surface area contributed by atoms with Crippen LogP contribution in [0.4, 0.5) is 0 Å². The number of rotatable bonds is 2. The lowest BCUT2D eigenvalue weighted by atomic mass is 10.4. The van der Waals surface area contributed by atoms with E-state index in [1.165, 1.54) is 11.9 Å². The van der Waals surface area contributed by atoms with Crippen molar-refractivity contribution < 1.29 is 14.2 Å². The first-order chi connectivity index (χ1) is 6.54. The van der Waals surface area contributed by atoms with Gasteiger partial charge in [-0.2, -0.15) is 0 Å². The predicted molar refractivity (Wildman–Crippen MR) is 55.7 cm³/mol. The maximum Gasteiger partial charge on any atom is 0.274 e. The maximum absolute atomic E-state index is 11.1. The Hall–Kier alpha value is -1.10. The van der Waals surface area contributed by atoms with Crippen LogP contribution in [-0.4, -0.2) is 20.1 Å². The van der Waals surface area contributed by atoms with Gasteiger partial charge in [-0.05, 0) is 15.9 Å². The van der Waals surface area contributed by atoms with Gasteiger partial charge in [0.1, 0.15) is 0 Å². The molecule has 0 aliphatic heterocycles. The summed E-state index contributed by atoms with van der Waals surface area (Å²) in [5.41, 5.74) is 0. The number of carbonyl (C=O) groups excluding carboxylic acids is 1. The molecule has 0 spiro atoms. The Morgan fingerprint density at radius 2 is 2.21 bits per heavy atom. The van der Waals surface area contributed by atoms with Gasteiger partial charge >= 0.3 is 0 Å². The molecule has 0 aliphatic carbocycles. The van der Waals surface area contributed by atoms with Crippen LogP contribution in [0.3, 0.4) is 0 Å². The van der Waals surface area contributed by atoms with Crippen molar-refractivity contribution in [2.24, 2.45) is 0 Å². The van der Waals surface area contributed by atoms with Gasteiger partial charge < -0.3 is 4.74 Å². The van der Waals surface area contributed by atoms with E-state index in [2.05, 4.69) is 15.9 Å². The molecule has 1 heterocycles. The standard InChI is InChI=1S/C9H12BrN2O2/c1-7(13)11(2)12-5-8(10)4-9(6-12)14-3/h4-6H,1-3H3/q+1. The Balaban J connectivity index is 3.08. The quantitative estimate of drug-likeness (QED) is 0.739. The minimum atomic E-state index is -0.0462. The average Bonchev–Trinajstić information content (AvgIpc) is 2.15. The highest BCUT2D eigenvalue weighted by molar-refractivity contribution is 9.10. The van der Waals surface area contributed by atoms with Crippen LogP contribution in [0, 0.1) is 0 Å². The molecule has 1 rings (SSSR count). The van der Waals surface area contributed by atoms with Crippen molar-refractivity contribution in [3.63, 3.8) is 0 Å². The number of hydrogen-bond acceptors (Lipinski definition) is 2. The lowest BCUT2D eigenvalue weighted by molar-refractivity contribution is -0.681. The zero-order valence-electron chi connectivity index (χ0n) is 8.32. The Morgan fingerprint density at radius 1 is 1.57 bits per heavy atom. The van der Waals surface area contributed by atoms with Gasteiger partial charge in [0.05, 0.1) is 18.6 Å². The molecule has 0 unspecified atom stereocenters. The van der Waals surface area contributed by atoms with Crippen LogP contribution in [0.2, 0.25) is 0 Å². The average molecular weight is 260 g/mol. The summed E-state index contributed by atoms with van der Waals surface area (Å²) in [4.78, 5) is 11.1. The molecule has 0 atom stereocenters. The second-order valence-electron chi connectivity index (χ2n) is 2.82. The molecule has 0 saturated carbocycles. The minimum absolute atomic E-state index is 0.0462. The Bertz CT molecular complexity index is 355. The number of nitrogens with zero attached hydrogens (tertiary/aromatic N) is 2. The van der Waals surface area contributed by atoms with E-state index in [1.807, 2.05) is 6.07 Å². The van der Waals surface area contributed by atoms with Gasteiger partial charge in [-0.1, -0.05) is 4.68 Å². The second-order valence-corrected chi connectivity index (χ2v) is 3.73. The first-order valence-electron chi connectivity index (χ1n) is 4.05. The number of aromatic nitrogens is 1. The van der Waals surface area contributed by atoms with Gasteiger partial charge in [0.2, 0.25) is 12.4 Å². The van der Waals surface area contributed by atoms with E-state index in [0.29, 0.717) is 5.75 Å². The number of ether oxygens (including phenoxy) is 1. The summed E-state index contributed by atoms with van der Waals surface area (Å²) in [6.07, 6.45) is 3.51. The van der Waals surface area contributed by atoms with Crippen LogP contribution in [0.15, 0.2) is 22.9 Å². The fourth-order valence-electron chi connectivity index (χ4n) is 0.952. The smallest absolute Gasteiger partial charge is 0.274 e. The third kappa shape index (κ3) is 2.45. The van der Waals surface area contributed by atoms with Crippen molar-refractivity contribution in [1.29, 1.82) is 0 Å². The van der Waals surface area contributed by atoms with Gasteiger partial charge in [-0.3, -0.25) is 4.79 Å². The number of halogens is 1. The first kappa shape index (κ1) is 11.0. The Kier molecular flexibility index (Phi) is 3.46. The summed E-state index contributed by atoms with van der Waals surface area (Å²) >= 11 is 3.33. The monoisotopic (exact) mass is 259 g/mol. The Morgan fingerprint density at radius 3 is 2.71 bits per heavy atom. The van der Waals surface area contributed by atoms with Crippen LogP contribution < -0.4 is 14.4 Å². The topological polar surface area (TPSA) is 33.4 Å². The van der Waals surface area contributed by atoms with Crippen LogP contribution in [0.5, 0.6) is 5.75 Å². The van der Waals surface area contributed by atoms with Gasteiger partial charge in [-0.25, -0.2) is 0 Å². The van der Waals surface area contributed by atoms with Gasteiger partial charge in [0.25, 0.3) is 5.91 Å². The van der Waals surface area contributed by atoms with E-state index in [4.69, 9.17) is 4.74 Å². The van der Waals surface area contributed by atoms with E-state index in [1.54, 1.807) is 31.2 Å². The predicted octanol–water partition coefficient (Wildman–Crippen LogP) is 0.859. The first-order valence-corrected chi connectivity index (χ1v) is 4.84. The second kappa shape index (κ2) is 4.41. The van der Waals surface area contributed by atoms with Gasteiger partial charge in [0.15, 0.2) is 5.75 Å². The Labute approximate surface area is 91.2 Å². The number of hydrogen-bond donors (Lipinski definition) is 0. The fraction of sp³-hybridized carbons (Fsp3) is 0.333. The third-order valence-corrected chi connectivity index (χ3v) is 2.27. The molecule has 14 heavy (non-hydrogen) atoms. The van der Waals surface area contributed by atoms with E-state index in [0.717, 1.165) is 4.47 Å². The molecular weight excluding hydrogens is 248 g/mol. The van der Waals surface area contributed by atoms with Crippen molar-refractivity contribution in [1.82, 2.24) is 0 Å². The zero-order valence-corrected chi connectivity index (χ0v) is 9.91. The van der Waals surface area contributed by atoms with Crippen molar-refractivity contribution in [3.05, 3.63) is 22.9 Å². The lowest BCUT2D eigenvalue weighted by Gasteiger charge is -2.08. The van der Waals surface area contributed by atoms with Crippen LogP contribution in [0.25, 0.3) is 0 Å². The van der Waals surface area contributed by atoms with E-state index in [-0.39, 0.29) is 5.91 Å². The van der Waals surface area contributed by atoms with Crippen LogP contribution in [0.1, 0.15) is 6.92 Å². The molecule has 5 heteroatoms. The highest BCUT2D eigenvalue weighted by Crippen LogP contribution is 2.14. The SMILES string of the molecule is COc1cc(Br)c[n+](N(C)C(C)=O)c1. The molecule has 0 aromatic carbocycles. The number of carbonyl (C=O) groups is 1. The highest BCUT2D eigenvalue weighted by Gasteiger charge is 2.15. The van der Waals surface area contributed by atoms with Crippen molar-refractivity contribution >= 4 is 21.8 Å². The molecule has 0 bridgehead atoms. The van der Waals surface area contributed by atoms with E-state index in [9.17, 15) is 4.79 Å². The summed E-state index contributed by atoms with van der Waals surface area (Å²) in [6.45, 7) is 1.50. The molecule has 0 saturated heterocycles. The minimum Gasteiger partial charge on any atom is -0.491 e. The normalized spacial score (nSPS) is 9.71. The molecule has 0 aliphatic rings. The number of amides is 1. The fourth-order valence-corrected chi connectivity index (χ4v) is 1.39. The molecular formula is C9H12BrN2O2+. The van der Waals surface area contributed by atoms with E-state index >= 15 is 0 Å². The van der Waals surface area contributed by atoms with Gasteiger partial charge in [-0.15, -0.1) is 5.01 Å². The van der Waals surface area contributed by atoms with E-state index < -0.39 is 0 Å². The summed E-state index contributed by atoms with van der Waals surface area (Å²) in [6, 6.07) is 1.82. The molecule has 76 valence electrons. The molecule has 0 fully saturated rings. The zero-order chi connectivity index (χ0) is 10.7. The third-order valence-electron chi connectivity index (χ3n) is 1.83. The summed E-state index contributed by atoms with van der Waals surface area (Å²) in [5.74, 6) is 0.641. The molecule has 0 N–H and O–H groups in total. The van der Waals surface area contributed by atoms with Crippen molar-refractivity contribution in [2.75, 3.05) is 19.2 Å².